The Hall–Kier alpha value is -2.63. The molecule has 2 amide bonds. The Labute approximate surface area is 103 Å². The summed E-state index contributed by atoms with van der Waals surface area (Å²) in [7, 11) is 1.24. The van der Waals surface area contributed by atoms with E-state index in [2.05, 4.69) is 15.3 Å². The molecule has 1 aliphatic rings. The molecule has 0 atom stereocenters. The topological polar surface area (TPSA) is 88.0 Å². The van der Waals surface area contributed by atoms with Crippen LogP contribution in [0.5, 0.6) is 0 Å². The van der Waals surface area contributed by atoms with Gasteiger partial charge in [-0.1, -0.05) is 35.5 Å². The molecule has 1 heterocycles. The second-order valence-corrected chi connectivity index (χ2v) is 3.50. The third-order valence-electron chi connectivity index (χ3n) is 2.38. The van der Waals surface area contributed by atoms with Gasteiger partial charge in [0.1, 0.15) is 7.11 Å². The summed E-state index contributed by atoms with van der Waals surface area (Å²) in [5.41, 5.74) is 0.158. The molecule has 1 aromatic carbocycles. The Morgan fingerprint density at radius 1 is 1.17 bits per heavy atom. The van der Waals surface area contributed by atoms with Crippen LogP contribution < -0.4 is 5.32 Å². The summed E-state index contributed by atoms with van der Waals surface area (Å²) in [6.45, 7) is 0. The highest BCUT2D eigenvalue weighted by atomic mass is 16.6. The predicted molar refractivity (Wildman–Crippen MR) is 63.6 cm³/mol. The molecular weight excluding hydrogens is 236 g/mol. The van der Waals surface area contributed by atoms with E-state index in [4.69, 9.17) is 0 Å². The first-order valence-corrected chi connectivity index (χ1v) is 5.11. The highest BCUT2D eigenvalue weighted by Gasteiger charge is 2.32. The standard InChI is InChI=1S/C12H10N2O4/c1-18-14-9-10(15)8(11(16)13-12(9)17)7-5-3-2-4-6-7/h2-6,15H,1H3,(H,13,16,17)/b14-9-. The second kappa shape index (κ2) is 4.70. The molecule has 0 radical (unpaired) electrons. The number of hydrogen-bond donors (Lipinski definition) is 2. The van der Waals surface area contributed by atoms with Crippen molar-refractivity contribution in [3.63, 3.8) is 0 Å². The van der Waals surface area contributed by atoms with Crippen LogP contribution in [0.4, 0.5) is 0 Å². The number of oxime groups is 1. The smallest absolute Gasteiger partial charge is 0.284 e. The maximum absolute atomic E-state index is 11.7. The van der Waals surface area contributed by atoms with Crippen molar-refractivity contribution in [3.05, 3.63) is 41.7 Å². The zero-order valence-electron chi connectivity index (χ0n) is 9.51. The lowest BCUT2D eigenvalue weighted by Crippen LogP contribution is -2.42. The van der Waals surface area contributed by atoms with Crippen molar-refractivity contribution >= 4 is 23.1 Å². The predicted octanol–water partition coefficient (Wildman–Crippen LogP) is 0.614. The van der Waals surface area contributed by atoms with Gasteiger partial charge in [-0.15, -0.1) is 0 Å². The van der Waals surface area contributed by atoms with Gasteiger partial charge >= 0.3 is 0 Å². The number of nitrogens with one attached hydrogen (secondary N) is 1. The Morgan fingerprint density at radius 2 is 1.83 bits per heavy atom. The fourth-order valence-corrected chi connectivity index (χ4v) is 1.61. The van der Waals surface area contributed by atoms with E-state index in [-0.39, 0.29) is 11.3 Å². The van der Waals surface area contributed by atoms with Crippen molar-refractivity contribution in [3.8, 4) is 0 Å². The number of benzene rings is 1. The van der Waals surface area contributed by atoms with Crippen molar-refractivity contribution in [2.75, 3.05) is 7.11 Å². The third-order valence-corrected chi connectivity index (χ3v) is 2.38. The normalized spacial score (nSPS) is 17.9. The van der Waals surface area contributed by atoms with Gasteiger partial charge in [0.2, 0.25) is 5.71 Å². The number of hydrogen-bond acceptors (Lipinski definition) is 5. The van der Waals surface area contributed by atoms with Crippen LogP contribution in [0.25, 0.3) is 5.57 Å². The number of carbonyl (C=O) groups is 2. The summed E-state index contributed by atoms with van der Waals surface area (Å²) < 4.78 is 0. The van der Waals surface area contributed by atoms with Crippen LogP contribution >= 0.6 is 0 Å². The molecule has 0 unspecified atom stereocenters. The molecule has 0 aliphatic carbocycles. The molecule has 2 rings (SSSR count). The van der Waals surface area contributed by atoms with E-state index in [0.29, 0.717) is 5.56 Å². The number of imide groups is 1. The molecule has 2 N–H and O–H groups in total. The van der Waals surface area contributed by atoms with E-state index in [1.54, 1.807) is 30.3 Å². The van der Waals surface area contributed by atoms with Gasteiger partial charge in [-0.25, -0.2) is 0 Å². The van der Waals surface area contributed by atoms with Gasteiger partial charge in [-0.3, -0.25) is 14.9 Å². The Kier molecular flexibility index (Phi) is 3.09. The lowest BCUT2D eigenvalue weighted by molar-refractivity contribution is -0.124. The third kappa shape index (κ3) is 1.95. The first-order valence-electron chi connectivity index (χ1n) is 5.11. The van der Waals surface area contributed by atoms with Crippen molar-refractivity contribution in [2.24, 2.45) is 5.16 Å². The molecule has 0 saturated carbocycles. The van der Waals surface area contributed by atoms with Crippen LogP contribution in [0.2, 0.25) is 0 Å². The van der Waals surface area contributed by atoms with E-state index in [1.807, 2.05) is 0 Å². The van der Waals surface area contributed by atoms with Crippen LogP contribution in [0.15, 0.2) is 41.2 Å². The molecular formula is C12H10N2O4. The van der Waals surface area contributed by atoms with Crippen LogP contribution in [0.1, 0.15) is 5.56 Å². The summed E-state index contributed by atoms with van der Waals surface area (Å²) in [5.74, 6) is -1.95. The van der Waals surface area contributed by atoms with Gasteiger partial charge in [-0.2, -0.15) is 0 Å². The summed E-state index contributed by atoms with van der Waals surface area (Å²) >= 11 is 0. The molecule has 1 aliphatic heterocycles. The molecule has 1 aromatic rings. The maximum atomic E-state index is 11.7. The average molecular weight is 246 g/mol. The number of aliphatic hydroxyl groups is 1. The van der Waals surface area contributed by atoms with E-state index in [1.165, 1.54) is 7.11 Å². The average Bonchev–Trinajstić information content (AvgIpc) is 2.35. The quantitative estimate of drug-likeness (QED) is 0.591. The number of rotatable bonds is 2. The largest absolute Gasteiger partial charge is 0.505 e. The van der Waals surface area contributed by atoms with Crippen LogP contribution in [0, 0.1) is 0 Å². The van der Waals surface area contributed by atoms with E-state index >= 15 is 0 Å². The van der Waals surface area contributed by atoms with Gasteiger partial charge in [0.25, 0.3) is 11.8 Å². The molecule has 18 heavy (non-hydrogen) atoms. The van der Waals surface area contributed by atoms with Crippen molar-refractivity contribution in [1.29, 1.82) is 0 Å². The van der Waals surface area contributed by atoms with Crippen LogP contribution in [-0.2, 0) is 14.4 Å². The minimum Gasteiger partial charge on any atom is -0.505 e. The zero-order valence-corrected chi connectivity index (χ0v) is 9.51. The highest BCUT2D eigenvalue weighted by Crippen LogP contribution is 2.21. The van der Waals surface area contributed by atoms with Crippen molar-refractivity contribution in [2.45, 2.75) is 0 Å². The minimum absolute atomic E-state index is 0.00833. The zero-order chi connectivity index (χ0) is 13.1. The monoisotopic (exact) mass is 246 g/mol. The minimum atomic E-state index is -0.793. The first-order chi connectivity index (χ1) is 8.65. The number of amides is 2. The molecule has 0 aromatic heterocycles. The molecule has 0 bridgehead atoms. The molecule has 0 saturated heterocycles. The first kappa shape index (κ1) is 11.8. The number of nitrogens with zero attached hydrogens (tertiary/aromatic N) is 1. The van der Waals surface area contributed by atoms with Gasteiger partial charge in [0, 0.05) is 0 Å². The van der Waals surface area contributed by atoms with E-state index in [9.17, 15) is 14.7 Å². The number of aliphatic hydroxyl groups excluding tert-OH is 1. The van der Waals surface area contributed by atoms with Crippen LogP contribution in [-0.4, -0.2) is 29.7 Å². The fraction of sp³-hybridized carbons (Fsp3) is 0.0833. The Bertz CT molecular complexity index is 561. The highest BCUT2D eigenvalue weighted by molar-refractivity contribution is 6.54. The van der Waals surface area contributed by atoms with Crippen molar-refractivity contribution < 1.29 is 19.5 Å². The summed E-state index contributed by atoms with van der Waals surface area (Å²) in [5, 5.41) is 15.4. The summed E-state index contributed by atoms with van der Waals surface area (Å²) in [4.78, 5) is 27.6. The van der Waals surface area contributed by atoms with Gasteiger partial charge in [-0.05, 0) is 5.56 Å². The molecule has 6 nitrogen and oxygen atoms in total. The lowest BCUT2D eigenvalue weighted by Gasteiger charge is -2.16. The molecule has 0 fully saturated rings. The molecule has 92 valence electrons. The summed E-state index contributed by atoms with van der Waals surface area (Å²) in [6, 6.07) is 8.49. The number of carbonyl (C=O) groups excluding carboxylic acids is 2. The SMILES string of the molecule is CO/N=C1\C(=O)NC(=O)C(c2ccccc2)=C1O. The molecule has 0 spiro atoms. The Morgan fingerprint density at radius 3 is 2.44 bits per heavy atom. The second-order valence-electron chi connectivity index (χ2n) is 3.50. The summed E-state index contributed by atoms with van der Waals surface area (Å²) in [6.07, 6.45) is 0. The lowest BCUT2D eigenvalue weighted by atomic mass is 9.99. The van der Waals surface area contributed by atoms with Crippen molar-refractivity contribution in [1.82, 2.24) is 5.32 Å². The molecule has 6 heteroatoms. The van der Waals surface area contributed by atoms with Gasteiger partial charge in [0.05, 0.1) is 5.57 Å². The maximum Gasteiger partial charge on any atom is 0.284 e. The Balaban J connectivity index is 2.59. The van der Waals surface area contributed by atoms with E-state index in [0.717, 1.165) is 0 Å². The van der Waals surface area contributed by atoms with Crippen LogP contribution in [0.3, 0.4) is 0 Å². The fourth-order valence-electron chi connectivity index (χ4n) is 1.61. The van der Waals surface area contributed by atoms with Gasteiger partial charge < -0.3 is 9.94 Å². The van der Waals surface area contributed by atoms with Gasteiger partial charge in [0.15, 0.2) is 5.76 Å². The van der Waals surface area contributed by atoms with E-state index < -0.39 is 17.6 Å².